The standard InChI is InChI=1S/C12H21N3OS/c1-4-15(5-2)8-6-7-10-9(3)13-12(17)14-11(10)16/h4-8H2,1-3H3,(H2,13,14,16,17). The molecule has 1 aromatic rings. The van der Waals surface area contributed by atoms with Crippen LogP contribution in [-0.2, 0) is 6.42 Å². The van der Waals surface area contributed by atoms with Crippen molar-refractivity contribution in [3.8, 4) is 0 Å². The van der Waals surface area contributed by atoms with Crippen LogP contribution in [0.4, 0.5) is 0 Å². The third kappa shape index (κ3) is 4.09. The number of aromatic nitrogens is 2. The van der Waals surface area contributed by atoms with Crippen LogP contribution in [0.25, 0.3) is 0 Å². The Morgan fingerprint density at radius 1 is 1.24 bits per heavy atom. The Morgan fingerprint density at radius 2 is 1.88 bits per heavy atom. The molecule has 0 bridgehead atoms. The van der Waals surface area contributed by atoms with Crippen LogP contribution >= 0.6 is 12.2 Å². The summed E-state index contributed by atoms with van der Waals surface area (Å²) in [6.45, 7) is 9.36. The first-order valence-electron chi connectivity index (χ1n) is 6.12. The van der Waals surface area contributed by atoms with Gasteiger partial charge in [0.15, 0.2) is 4.77 Å². The number of hydrogen-bond acceptors (Lipinski definition) is 3. The Balaban J connectivity index is 2.64. The summed E-state index contributed by atoms with van der Waals surface area (Å²) in [5.41, 5.74) is 1.66. The fourth-order valence-corrected chi connectivity index (χ4v) is 2.19. The maximum Gasteiger partial charge on any atom is 0.255 e. The molecule has 0 atom stereocenters. The molecule has 5 heteroatoms. The van der Waals surface area contributed by atoms with E-state index in [1.54, 1.807) is 0 Å². The van der Waals surface area contributed by atoms with Crippen LogP contribution in [0.2, 0.25) is 0 Å². The summed E-state index contributed by atoms with van der Waals surface area (Å²) >= 11 is 4.92. The average Bonchev–Trinajstić information content (AvgIpc) is 2.27. The lowest BCUT2D eigenvalue weighted by Gasteiger charge is -2.17. The van der Waals surface area contributed by atoms with E-state index in [1.807, 2.05) is 6.92 Å². The maximum atomic E-state index is 11.7. The molecule has 17 heavy (non-hydrogen) atoms. The molecule has 0 fully saturated rings. The summed E-state index contributed by atoms with van der Waals surface area (Å²) in [5, 5.41) is 0. The Bertz CT molecular complexity index is 460. The van der Waals surface area contributed by atoms with Crippen molar-refractivity contribution in [2.75, 3.05) is 19.6 Å². The van der Waals surface area contributed by atoms with Gasteiger partial charge in [0, 0.05) is 11.3 Å². The number of aryl methyl sites for hydroxylation is 1. The summed E-state index contributed by atoms with van der Waals surface area (Å²) in [6.07, 6.45) is 1.79. The minimum atomic E-state index is -0.0502. The molecule has 0 spiro atoms. The lowest BCUT2D eigenvalue weighted by Crippen LogP contribution is -2.25. The molecule has 0 aromatic carbocycles. The third-order valence-corrected chi connectivity index (χ3v) is 3.25. The highest BCUT2D eigenvalue weighted by molar-refractivity contribution is 7.71. The highest BCUT2D eigenvalue weighted by Crippen LogP contribution is 2.02. The molecular formula is C12H21N3OS. The lowest BCUT2D eigenvalue weighted by atomic mass is 10.1. The second-order valence-electron chi connectivity index (χ2n) is 4.14. The van der Waals surface area contributed by atoms with E-state index in [0.29, 0.717) is 4.77 Å². The number of H-pyrrole nitrogens is 2. The van der Waals surface area contributed by atoms with Crippen molar-refractivity contribution in [2.24, 2.45) is 0 Å². The molecular weight excluding hydrogens is 234 g/mol. The van der Waals surface area contributed by atoms with Crippen LogP contribution in [0.15, 0.2) is 4.79 Å². The van der Waals surface area contributed by atoms with Gasteiger partial charge in [-0.2, -0.15) is 0 Å². The first-order valence-corrected chi connectivity index (χ1v) is 6.53. The quantitative estimate of drug-likeness (QED) is 0.765. The Morgan fingerprint density at radius 3 is 2.41 bits per heavy atom. The molecule has 4 nitrogen and oxygen atoms in total. The third-order valence-electron chi connectivity index (χ3n) is 3.05. The Kier molecular flexibility index (Phi) is 5.58. The van der Waals surface area contributed by atoms with Gasteiger partial charge < -0.3 is 9.88 Å². The minimum absolute atomic E-state index is 0.0502. The van der Waals surface area contributed by atoms with Crippen molar-refractivity contribution in [2.45, 2.75) is 33.6 Å². The fraction of sp³-hybridized carbons (Fsp3) is 0.667. The average molecular weight is 255 g/mol. The van der Waals surface area contributed by atoms with Gasteiger partial charge in [-0.15, -0.1) is 0 Å². The van der Waals surface area contributed by atoms with Crippen LogP contribution in [0.3, 0.4) is 0 Å². The van der Waals surface area contributed by atoms with Gasteiger partial charge >= 0.3 is 0 Å². The summed E-state index contributed by atoms with van der Waals surface area (Å²) < 4.78 is 0.403. The van der Waals surface area contributed by atoms with Gasteiger partial charge in [0.2, 0.25) is 0 Å². The number of nitrogens with zero attached hydrogens (tertiary/aromatic N) is 1. The normalized spacial score (nSPS) is 11.1. The van der Waals surface area contributed by atoms with Crippen molar-refractivity contribution in [1.82, 2.24) is 14.9 Å². The molecule has 1 rings (SSSR count). The van der Waals surface area contributed by atoms with Gasteiger partial charge in [-0.25, -0.2) is 0 Å². The van der Waals surface area contributed by atoms with Crippen molar-refractivity contribution < 1.29 is 0 Å². The van der Waals surface area contributed by atoms with Gasteiger partial charge in [-0.3, -0.25) is 9.78 Å². The van der Waals surface area contributed by atoms with Crippen LogP contribution in [0, 0.1) is 11.7 Å². The van der Waals surface area contributed by atoms with Gasteiger partial charge in [0.05, 0.1) is 0 Å². The van der Waals surface area contributed by atoms with E-state index >= 15 is 0 Å². The van der Waals surface area contributed by atoms with Crippen molar-refractivity contribution in [3.63, 3.8) is 0 Å². The van der Waals surface area contributed by atoms with E-state index in [2.05, 4.69) is 28.7 Å². The van der Waals surface area contributed by atoms with E-state index in [9.17, 15) is 4.79 Å². The maximum absolute atomic E-state index is 11.7. The second-order valence-corrected chi connectivity index (χ2v) is 4.55. The summed E-state index contributed by atoms with van der Waals surface area (Å²) in [7, 11) is 0. The zero-order valence-corrected chi connectivity index (χ0v) is 11.6. The molecule has 0 saturated carbocycles. The van der Waals surface area contributed by atoms with E-state index < -0.39 is 0 Å². The predicted molar refractivity (Wildman–Crippen MR) is 73.1 cm³/mol. The smallest absolute Gasteiger partial charge is 0.255 e. The van der Waals surface area contributed by atoms with Crippen LogP contribution < -0.4 is 5.56 Å². The van der Waals surface area contributed by atoms with Gasteiger partial charge in [0.1, 0.15) is 0 Å². The van der Waals surface area contributed by atoms with Crippen molar-refractivity contribution in [3.05, 3.63) is 26.4 Å². The van der Waals surface area contributed by atoms with Crippen molar-refractivity contribution >= 4 is 12.2 Å². The Hall–Kier alpha value is -0.940. The molecule has 0 radical (unpaired) electrons. The van der Waals surface area contributed by atoms with Crippen LogP contribution in [0.5, 0.6) is 0 Å². The second kappa shape index (κ2) is 6.71. The largest absolute Gasteiger partial charge is 0.336 e. The SMILES string of the molecule is CCN(CC)CCCc1c(C)[nH]c(=S)[nH]c1=O. The zero-order valence-electron chi connectivity index (χ0n) is 10.8. The molecule has 2 N–H and O–H groups in total. The summed E-state index contributed by atoms with van der Waals surface area (Å²) in [6, 6.07) is 0. The summed E-state index contributed by atoms with van der Waals surface area (Å²) in [4.78, 5) is 19.7. The number of rotatable bonds is 6. The highest BCUT2D eigenvalue weighted by atomic mass is 32.1. The van der Waals surface area contributed by atoms with Gasteiger partial charge in [-0.05, 0) is 51.6 Å². The molecule has 0 aliphatic heterocycles. The number of aromatic amines is 2. The molecule has 1 heterocycles. The van der Waals surface area contributed by atoms with E-state index in [4.69, 9.17) is 12.2 Å². The van der Waals surface area contributed by atoms with Crippen LogP contribution in [-0.4, -0.2) is 34.5 Å². The monoisotopic (exact) mass is 255 g/mol. The molecule has 0 unspecified atom stereocenters. The molecule has 0 aliphatic rings. The molecule has 1 aromatic heterocycles. The van der Waals surface area contributed by atoms with Gasteiger partial charge in [-0.1, -0.05) is 13.8 Å². The summed E-state index contributed by atoms with van der Waals surface area (Å²) in [5.74, 6) is 0. The number of nitrogens with one attached hydrogen (secondary N) is 2. The molecule has 0 amide bonds. The van der Waals surface area contributed by atoms with Crippen molar-refractivity contribution in [1.29, 1.82) is 0 Å². The highest BCUT2D eigenvalue weighted by Gasteiger charge is 2.05. The van der Waals surface area contributed by atoms with E-state index in [1.165, 1.54) is 0 Å². The zero-order chi connectivity index (χ0) is 12.8. The van der Waals surface area contributed by atoms with Gasteiger partial charge in [0.25, 0.3) is 5.56 Å². The molecule has 0 saturated heterocycles. The van der Waals surface area contributed by atoms with E-state index in [-0.39, 0.29) is 5.56 Å². The molecule has 0 aliphatic carbocycles. The first-order chi connectivity index (χ1) is 8.08. The predicted octanol–water partition coefficient (Wildman–Crippen LogP) is 2.02. The molecule has 96 valence electrons. The number of hydrogen-bond donors (Lipinski definition) is 2. The van der Waals surface area contributed by atoms with Crippen LogP contribution in [0.1, 0.15) is 31.5 Å². The van der Waals surface area contributed by atoms with E-state index in [0.717, 1.165) is 43.7 Å². The minimum Gasteiger partial charge on any atom is -0.336 e. The lowest BCUT2D eigenvalue weighted by molar-refractivity contribution is 0.300. The fourth-order valence-electron chi connectivity index (χ4n) is 1.95. The topological polar surface area (TPSA) is 51.9 Å². The first kappa shape index (κ1) is 14.1. The Labute approximate surface area is 107 Å².